The zero-order valence-electron chi connectivity index (χ0n) is 16.7. The third kappa shape index (κ3) is 7.76. The topological polar surface area (TPSA) is 67.9 Å². The van der Waals surface area contributed by atoms with Crippen molar-refractivity contribution in [1.29, 1.82) is 0 Å². The molecule has 1 aromatic rings. The molecule has 1 rings (SSSR count). The van der Waals surface area contributed by atoms with Crippen molar-refractivity contribution in [2.45, 2.75) is 52.7 Å². The fourth-order valence-corrected chi connectivity index (χ4v) is 2.28. The summed E-state index contributed by atoms with van der Waals surface area (Å²) in [6, 6.07) is 8.82. The van der Waals surface area contributed by atoms with Crippen LogP contribution in [0.15, 0.2) is 30.3 Å². The van der Waals surface area contributed by atoms with Crippen LogP contribution >= 0.6 is 0 Å². The first-order chi connectivity index (χ1) is 12.1. The van der Waals surface area contributed by atoms with Crippen LogP contribution in [-0.4, -0.2) is 48.7 Å². The van der Waals surface area contributed by atoms with Crippen molar-refractivity contribution in [2.24, 2.45) is 5.92 Å². The van der Waals surface area contributed by atoms with E-state index in [-0.39, 0.29) is 11.8 Å². The first-order valence-corrected chi connectivity index (χ1v) is 9.06. The van der Waals surface area contributed by atoms with Gasteiger partial charge in [-0.25, -0.2) is 4.79 Å². The van der Waals surface area contributed by atoms with E-state index in [1.165, 1.54) is 0 Å². The monoisotopic (exact) mass is 364 g/mol. The Bertz CT molecular complexity index is 569. The average Bonchev–Trinajstić information content (AvgIpc) is 2.57. The van der Waals surface area contributed by atoms with Crippen LogP contribution in [0.5, 0.6) is 5.75 Å². The molecule has 0 heterocycles. The summed E-state index contributed by atoms with van der Waals surface area (Å²) < 4.78 is 10.9. The van der Waals surface area contributed by atoms with Gasteiger partial charge >= 0.3 is 6.09 Å². The van der Waals surface area contributed by atoms with Gasteiger partial charge in [0, 0.05) is 7.05 Å². The molecule has 0 aliphatic rings. The van der Waals surface area contributed by atoms with Crippen molar-refractivity contribution in [2.75, 3.05) is 20.2 Å². The molecule has 2 amide bonds. The zero-order chi connectivity index (χ0) is 19.7. The van der Waals surface area contributed by atoms with Gasteiger partial charge < -0.3 is 19.7 Å². The summed E-state index contributed by atoms with van der Waals surface area (Å²) in [5.74, 6) is 0.605. The Balaban J connectivity index is 2.61. The van der Waals surface area contributed by atoms with Crippen molar-refractivity contribution in [3.05, 3.63) is 30.3 Å². The Labute approximate surface area is 156 Å². The lowest BCUT2D eigenvalue weighted by atomic mass is 9.98. The second-order valence-corrected chi connectivity index (χ2v) is 7.43. The minimum atomic E-state index is -0.628. The molecule has 2 unspecified atom stereocenters. The molecule has 0 aliphatic heterocycles. The van der Waals surface area contributed by atoms with Crippen LogP contribution in [-0.2, 0) is 9.53 Å². The lowest BCUT2D eigenvalue weighted by Gasteiger charge is -2.29. The molecule has 1 N–H and O–H groups in total. The van der Waals surface area contributed by atoms with Gasteiger partial charge in [0.15, 0.2) is 0 Å². The van der Waals surface area contributed by atoms with Gasteiger partial charge in [0.05, 0.1) is 6.54 Å². The van der Waals surface area contributed by atoms with Crippen molar-refractivity contribution in [1.82, 2.24) is 10.2 Å². The molecule has 26 heavy (non-hydrogen) atoms. The SMILES string of the molecule is CCC(C)C(NC(=O)OC(C)(C)C)C(=O)N(C)CCOc1ccccc1. The number of nitrogens with zero attached hydrogens (tertiary/aromatic N) is 1. The molecule has 0 radical (unpaired) electrons. The number of carbonyl (C=O) groups excluding carboxylic acids is 2. The smallest absolute Gasteiger partial charge is 0.408 e. The van der Waals surface area contributed by atoms with Crippen molar-refractivity contribution in [3.63, 3.8) is 0 Å². The van der Waals surface area contributed by atoms with E-state index >= 15 is 0 Å². The summed E-state index contributed by atoms with van der Waals surface area (Å²) in [7, 11) is 1.71. The fourth-order valence-electron chi connectivity index (χ4n) is 2.28. The highest BCUT2D eigenvalue weighted by Gasteiger charge is 2.30. The van der Waals surface area contributed by atoms with Crippen LogP contribution in [0.2, 0.25) is 0 Å². The summed E-state index contributed by atoms with van der Waals surface area (Å²) in [6.07, 6.45) is 0.186. The van der Waals surface area contributed by atoms with E-state index in [2.05, 4.69) is 5.32 Å². The molecule has 0 saturated heterocycles. The molecular weight excluding hydrogens is 332 g/mol. The number of alkyl carbamates (subject to hydrolysis) is 1. The number of amides is 2. The first-order valence-electron chi connectivity index (χ1n) is 9.06. The second-order valence-electron chi connectivity index (χ2n) is 7.43. The van der Waals surface area contributed by atoms with Gasteiger partial charge in [-0.3, -0.25) is 4.79 Å². The van der Waals surface area contributed by atoms with Crippen LogP contribution in [0, 0.1) is 5.92 Å². The van der Waals surface area contributed by atoms with Crippen LogP contribution in [0.1, 0.15) is 41.0 Å². The maximum atomic E-state index is 12.8. The molecule has 0 spiro atoms. The van der Waals surface area contributed by atoms with Crippen LogP contribution < -0.4 is 10.1 Å². The molecule has 146 valence electrons. The van der Waals surface area contributed by atoms with E-state index in [1.807, 2.05) is 44.2 Å². The van der Waals surface area contributed by atoms with Gasteiger partial charge in [-0.15, -0.1) is 0 Å². The number of ether oxygens (including phenoxy) is 2. The van der Waals surface area contributed by atoms with Crippen molar-refractivity contribution in [3.8, 4) is 5.75 Å². The van der Waals surface area contributed by atoms with E-state index in [1.54, 1.807) is 32.7 Å². The van der Waals surface area contributed by atoms with Crippen molar-refractivity contribution >= 4 is 12.0 Å². The lowest BCUT2D eigenvalue weighted by Crippen LogP contribution is -2.52. The molecule has 0 aromatic heterocycles. The molecule has 6 heteroatoms. The summed E-state index contributed by atoms with van der Waals surface area (Å²) in [4.78, 5) is 26.5. The molecule has 0 fully saturated rings. The Morgan fingerprint density at radius 2 is 1.81 bits per heavy atom. The normalized spacial score (nSPS) is 13.5. The van der Waals surface area contributed by atoms with E-state index in [0.29, 0.717) is 13.2 Å². The average molecular weight is 364 g/mol. The maximum Gasteiger partial charge on any atom is 0.408 e. The van der Waals surface area contributed by atoms with Gasteiger partial charge in [-0.1, -0.05) is 38.5 Å². The number of likely N-dealkylation sites (N-methyl/N-ethyl adjacent to an activating group) is 1. The number of nitrogens with one attached hydrogen (secondary N) is 1. The highest BCUT2D eigenvalue weighted by molar-refractivity contribution is 5.85. The molecule has 0 saturated carbocycles. The van der Waals surface area contributed by atoms with Crippen LogP contribution in [0.25, 0.3) is 0 Å². The number of hydrogen-bond acceptors (Lipinski definition) is 4. The lowest BCUT2D eigenvalue weighted by molar-refractivity contribution is -0.133. The van der Waals surface area contributed by atoms with Crippen LogP contribution in [0.4, 0.5) is 4.79 Å². The van der Waals surface area contributed by atoms with E-state index in [4.69, 9.17) is 9.47 Å². The summed E-state index contributed by atoms with van der Waals surface area (Å²) >= 11 is 0. The van der Waals surface area contributed by atoms with E-state index < -0.39 is 17.7 Å². The number of para-hydroxylation sites is 1. The molecule has 1 aromatic carbocycles. The van der Waals surface area contributed by atoms with Gasteiger partial charge in [0.2, 0.25) is 5.91 Å². The zero-order valence-corrected chi connectivity index (χ0v) is 16.7. The summed E-state index contributed by atoms with van der Waals surface area (Å²) in [5.41, 5.74) is -0.609. The third-order valence-corrected chi connectivity index (χ3v) is 3.97. The van der Waals surface area contributed by atoms with Gasteiger partial charge in [-0.2, -0.15) is 0 Å². The standard InChI is InChI=1S/C20H32N2O4/c1-7-15(2)17(21-19(24)26-20(3,4)5)18(23)22(6)13-14-25-16-11-9-8-10-12-16/h8-12,15,17H,7,13-14H2,1-6H3,(H,21,24). The predicted molar refractivity (Wildman–Crippen MR) is 102 cm³/mol. The fraction of sp³-hybridized carbons (Fsp3) is 0.600. The minimum absolute atomic E-state index is 0.00694. The van der Waals surface area contributed by atoms with Gasteiger partial charge in [0.25, 0.3) is 0 Å². The summed E-state index contributed by atoms with van der Waals surface area (Å²) in [6.45, 7) is 10.1. The molecule has 2 atom stereocenters. The second kappa shape index (κ2) is 10.0. The Morgan fingerprint density at radius 1 is 1.19 bits per heavy atom. The molecular formula is C20H32N2O4. The largest absolute Gasteiger partial charge is 0.492 e. The van der Waals surface area contributed by atoms with E-state index in [9.17, 15) is 9.59 Å². The Kier molecular flexibility index (Phi) is 8.42. The molecule has 0 aliphatic carbocycles. The molecule has 6 nitrogen and oxygen atoms in total. The third-order valence-electron chi connectivity index (χ3n) is 3.97. The van der Waals surface area contributed by atoms with Gasteiger partial charge in [-0.05, 0) is 38.8 Å². The van der Waals surface area contributed by atoms with Gasteiger partial charge in [0.1, 0.15) is 24.0 Å². The highest BCUT2D eigenvalue weighted by atomic mass is 16.6. The predicted octanol–water partition coefficient (Wildman–Crippen LogP) is 3.46. The quantitative estimate of drug-likeness (QED) is 0.767. The number of rotatable bonds is 8. The minimum Gasteiger partial charge on any atom is -0.492 e. The number of benzene rings is 1. The number of carbonyl (C=O) groups is 2. The highest BCUT2D eigenvalue weighted by Crippen LogP contribution is 2.13. The van der Waals surface area contributed by atoms with Crippen LogP contribution in [0.3, 0.4) is 0 Å². The molecule has 0 bridgehead atoms. The van der Waals surface area contributed by atoms with Crippen molar-refractivity contribution < 1.29 is 19.1 Å². The summed E-state index contributed by atoms with van der Waals surface area (Å²) in [5, 5.41) is 2.72. The maximum absolute atomic E-state index is 12.8. The Morgan fingerprint density at radius 3 is 2.35 bits per heavy atom. The Hall–Kier alpha value is -2.24. The number of hydrogen-bond donors (Lipinski definition) is 1. The first kappa shape index (κ1) is 21.8. The van der Waals surface area contributed by atoms with E-state index in [0.717, 1.165) is 12.2 Å².